The van der Waals surface area contributed by atoms with Gasteiger partial charge in [-0.05, 0) is 55.0 Å². The molecule has 0 saturated carbocycles. The van der Waals surface area contributed by atoms with Gasteiger partial charge in [0.05, 0.1) is 4.47 Å². The summed E-state index contributed by atoms with van der Waals surface area (Å²) in [6, 6.07) is 4.49. The highest BCUT2D eigenvalue weighted by Gasteiger charge is 2.18. The van der Waals surface area contributed by atoms with Gasteiger partial charge in [0.1, 0.15) is 11.6 Å². The van der Waals surface area contributed by atoms with Crippen LogP contribution in [0.25, 0.3) is 0 Å². The minimum absolute atomic E-state index is 0. The summed E-state index contributed by atoms with van der Waals surface area (Å²) in [5, 5.41) is 7.04. The summed E-state index contributed by atoms with van der Waals surface area (Å²) in [4.78, 5) is 4.31. The van der Waals surface area contributed by atoms with Crippen molar-refractivity contribution in [2.45, 2.75) is 32.4 Å². The summed E-state index contributed by atoms with van der Waals surface area (Å²) >= 11 is 3.26. The van der Waals surface area contributed by atoms with E-state index in [1.54, 1.807) is 13.0 Å². The maximum Gasteiger partial charge on any atom is 0.267 e. The van der Waals surface area contributed by atoms with E-state index >= 15 is 0 Å². The third kappa shape index (κ3) is 4.93. The number of benzene rings is 1. The number of rotatable bonds is 6. The highest BCUT2D eigenvalue weighted by atomic mass is 79.9. The monoisotopic (exact) mass is 393 g/mol. The summed E-state index contributed by atoms with van der Waals surface area (Å²) < 4.78 is 24.5. The van der Waals surface area contributed by atoms with Crippen LogP contribution in [0.3, 0.4) is 0 Å². The van der Waals surface area contributed by atoms with Gasteiger partial charge in [-0.3, -0.25) is 0 Å². The number of ether oxygens (including phenoxy) is 1. The maximum absolute atomic E-state index is 13.0. The van der Waals surface area contributed by atoms with E-state index in [1.165, 1.54) is 12.1 Å². The van der Waals surface area contributed by atoms with Crippen LogP contribution >= 0.6 is 28.3 Å². The molecule has 1 N–H and O–H groups in total. The molecule has 0 fully saturated rings. The predicted molar refractivity (Wildman–Crippen MR) is 86.9 cm³/mol. The topological polar surface area (TPSA) is 60.2 Å². The molecule has 0 aliphatic heterocycles. The molecule has 122 valence electrons. The second-order valence-electron chi connectivity index (χ2n) is 4.78. The van der Waals surface area contributed by atoms with Crippen LogP contribution in [0.4, 0.5) is 4.39 Å². The van der Waals surface area contributed by atoms with Gasteiger partial charge in [-0.25, -0.2) is 4.39 Å². The quantitative estimate of drug-likeness (QED) is 0.810. The molecule has 0 saturated heterocycles. The summed E-state index contributed by atoms with van der Waals surface area (Å²) in [5.74, 6) is 1.21. The van der Waals surface area contributed by atoms with E-state index in [0.717, 1.165) is 0 Å². The van der Waals surface area contributed by atoms with Gasteiger partial charge >= 0.3 is 0 Å². The third-order valence-corrected chi connectivity index (χ3v) is 3.63. The third-order valence-electron chi connectivity index (χ3n) is 3.01. The Bertz CT molecular complexity index is 612. The van der Waals surface area contributed by atoms with Gasteiger partial charge in [0, 0.05) is 12.5 Å². The van der Waals surface area contributed by atoms with Crippen molar-refractivity contribution in [3.8, 4) is 5.75 Å². The molecule has 22 heavy (non-hydrogen) atoms. The minimum Gasteiger partial charge on any atom is -0.480 e. The number of hydrogen-bond donors (Lipinski definition) is 1. The zero-order chi connectivity index (χ0) is 15.4. The van der Waals surface area contributed by atoms with Crippen molar-refractivity contribution < 1.29 is 13.7 Å². The molecule has 2 aromatic rings. The lowest BCUT2D eigenvalue weighted by molar-refractivity contribution is 0.174. The molecule has 2 rings (SSSR count). The van der Waals surface area contributed by atoms with Crippen molar-refractivity contribution in [3.05, 3.63) is 40.2 Å². The maximum atomic E-state index is 13.0. The smallest absolute Gasteiger partial charge is 0.267 e. The number of hydrogen-bond acceptors (Lipinski definition) is 5. The van der Waals surface area contributed by atoms with E-state index in [9.17, 15) is 4.39 Å². The lowest BCUT2D eigenvalue weighted by Crippen LogP contribution is -2.24. The van der Waals surface area contributed by atoms with Crippen molar-refractivity contribution in [1.29, 1.82) is 0 Å². The van der Waals surface area contributed by atoms with Crippen molar-refractivity contribution in [1.82, 2.24) is 15.5 Å². The lowest BCUT2D eigenvalue weighted by atomic mass is 10.2. The van der Waals surface area contributed by atoms with Crippen LogP contribution in [-0.2, 0) is 6.42 Å². The van der Waals surface area contributed by atoms with E-state index in [1.807, 2.05) is 14.0 Å². The van der Waals surface area contributed by atoms with Gasteiger partial charge in [0.2, 0.25) is 0 Å². The largest absolute Gasteiger partial charge is 0.480 e. The molecule has 2 atom stereocenters. The summed E-state index contributed by atoms with van der Waals surface area (Å²) in [6.07, 6.45) is 0.255. The van der Waals surface area contributed by atoms with Crippen molar-refractivity contribution in [3.63, 3.8) is 0 Å². The molecule has 0 radical (unpaired) electrons. The van der Waals surface area contributed by atoms with E-state index < -0.39 is 6.10 Å². The second kappa shape index (κ2) is 8.45. The Kier molecular flexibility index (Phi) is 7.25. The van der Waals surface area contributed by atoms with E-state index in [2.05, 4.69) is 31.4 Å². The van der Waals surface area contributed by atoms with Gasteiger partial charge < -0.3 is 14.6 Å². The predicted octanol–water partition coefficient (Wildman–Crippen LogP) is 3.68. The molecule has 1 aromatic carbocycles. The van der Waals surface area contributed by atoms with Crippen LogP contribution in [-0.4, -0.2) is 23.2 Å². The van der Waals surface area contributed by atoms with Gasteiger partial charge in [0.25, 0.3) is 5.89 Å². The Hall–Kier alpha value is -1.18. The normalized spacial score (nSPS) is 13.3. The Labute approximate surface area is 143 Å². The number of nitrogens with zero attached hydrogens (tertiary/aromatic N) is 2. The Morgan fingerprint density at radius 1 is 1.41 bits per heavy atom. The van der Waals surface area contributed by atoms with Crippen LogP contribution in [0, 0.1) is 5.82 Å². The van der Waals surface area contributed by atoms with Crippen molar-refractivity contribution >= 4 is 28.3 Å². The number of nitrogens with one attached hydrogen (secondary N) is 1. The molecule has 0 aliphatic carbocycles. The standard InChI is InChI=1S/C14H17BrFN3O2.ClH/c1-8(17-3)6-13-18-14(21-19-13)9(2)20-12-5-4-10(16)7-11(12)15;/h4-5,7-9,17H,6H2,1-3H3;1H. The summed E-state index contributed by atoms with van der Waals surface area (Å²) in [6.45, 7) is 3.83. The first-order chi connectivity index (χ1) is 9.99. The molecular formula is C14H18BrClFN3O2. The van der Waals surface area contributed by atoms with Crippen molar-refractivity contribution in [2.24, 2.45) is 0 Å². The van der Waals surface area contributed by atoms with Crippen LogP contribution in [0.5, 0.6) is 5.75 Å². The Morgan fingerprint density at radius 2 is 2.14 bits per heavy atom. The fourth-order valence-electron chi connectivity index (χ4n) is 1.70. The van der Waals surface area contributed by atoms with Gasteiger partial charge in [-0.2, -0.15) is 4.98 Å². The molecule has 0 aliphatic rings. The zero-order valence-electron chi connectivity index (χ0n) is 12.5. The first-order valence-corrected chi connectivity index (χ1v) is 7.40. The summed E-state index contributed by atoms with van der Waals surface area (Å²) in [7, 11) is 1.88. The fourth-order valence-corrected chi connectivity index (χ4v) is 2.15. The van der Waals surface area contributed by atoms with Gasteiger partial charge in [-0.15, -0.1) is 12.4 Å². The van der Waals surface area contributed by atoms with E-state index in [-0.39, 0.29) is 24.3 Å². The molecule has 8 heteroatoms. The molecule has 0 amide bonds. The average molecular weight is 395 g/mol. The van der Waals surface area contributed by atoms with E-state index in [4.69, 9.17) is 9.26 Å². The molecule has 1 aromatic heterocycles. The first-order valence-electron chi connectivity index (χ1n) is 6.61. The Balaban J connectivity index is 0.00000242. The average Bonchev–Trinajstić information content (AvgIpc) is 2.90. The molecule has 5 nitrogen and oxygen atoms in total. The Morgan fingerprint density at radius 3 is 2.77 bits per heavy atom. The highest BCUT2D eigenvalue weighted by Crippen LogP contribution is 2.29. The summed E-state index contributed by atoms with van der Waals surface area (Å²) in [5.41, 5.74) is 0. The number of aromatic nitrogens is 2. The number of halogens is 3. The second-order valence-corrected chi connectivity index (χ2v) is 5.63. The minimum atomic E-state index is -0.419. The SMILES string of the molecule is CNC(C)Cc1noc(C(C)Oc2ccc(F)cc2Br)n1.Cl. The highest BCUT2D eigenvalue weighted by molar-refractivity contribution is 9.10. The van der Waals surface area contributed by atoms with Crippen LogP contribution in [0.15, 0.2) is 27.2 Å². The molecule has 0 bridgehead atoms. The van der Waals surface area contributed by atoms with Crippen LogP contribution in [0.2, 0.25) is 0 Å². The molecule has 1 heterocycles. The molecular weight excluding hydrogens is 377 g/mol. The number of likely N-dealkylation sites (N-methyl/N-ethyl adjacent to an activating group) is 1. The zero-order valence-corrected chi connectivity index (χ0v) is 14.9. The van der Waals surface area contributed by atoms with Crippen molar-refractivity contribution in [2.75, 3.05) is 7.05 Å². The fraction of sp³-hybridized carbons (Fsp3) is 0.429. The van der Waals surface area contributed by atoms with Gasteiger partial charge in [-0.1, -0.05) is 5.16 Å². The molecule has 0 spiro atoms. The van der Waals surface area contributed by atoms with Crippen LogP contribution in [0.1, 0.15) is 31.7 Å². The van der Waals surface area contributed by atoms with E-state index in [0.29, 0.717) is 28.4 Å². The lowest BCUT2D eigenvalue weighted by Gasteiger charge is -2.12. The van der Waals surface area contributed by atoms with Crippen LogP contribution < -0.4 is 10.1 Å². The first kappa shape index (κ1) is 18.9. The molecule has 2 unspecified atom stereocenters. The van der Waals surface area contributed by atoms with Gasteiger partial charge in [0.15, 0.2) is 11.9 Å².